The molecule has 1 aromatic carbocycles. The minimum Gasteiger partial charge on any atom is -0.357 e. The van der Waals surface area contributed by atoms with Crippen molar-refractivity contribution in [2.24, 2.45) is 13.0 Å². The fraction of sp³-hybridized carbons (Fsp3) is 0.480. The molecule has 0 spiro atoms. The molecule has 7 nitrogen and oxygen atoms in total. The average Bonchev–Trinajstić information content (AvgIpc) is 3.17. The highest BCUT2D eigenvalue weighted by Gasteiger charge is 2.24. The van der Waals surface area contributed by atoms with Crippen molar-refractivity contribution in [1.29, 1.82) is 0 Å². The molecule has 0 unspecified atom stereocenters. The second-order valence-corrected chi connectivity index (χ2v) is 9.13. The molecule has 2 aliphatic rings. The van der Waals surface area contributed by atoms with Crippen molar-refractivity contribution < 1.29 is 4.79 Å². The summed E-state index contributed by atoms with van der Waals surface area (Å²) >= 11 is 0. The smallest absolute Gasteiger partial charge is 0.272 e. The number of hydrogen-bond acceptors (Lipinski definition) is 5. The number of carbonyl (C=O) groups is 1. The van der Waals surface area contributed by atoms with Crippen LogP contribution in [0.5, 0.6) is 0 Å². The third kappa shape index (κ3) is 4.48. The number of hydrogen-bond donors (Lipinski definition) is 2. The molecule has 0 bridgehead atoms. The summed E-state index contributed by atoms with van der Waals surface area (Å²) in [6.07, 6.45) is 5.41. The van der Waals surface area contributed by atoms with Gasteiger partial charge in [0.1, 0.15) is 5.82 Å². The maximum atomic E-state index is 12.9. The zero-order valence-corrected chi connectivity index (χ0v) is 18.8. The van der Waals surface area contributed by atoms with E-state index in [9.17, 15) is 4.79 Å². The maximum absolute atomic E-state index is 12.9. The second kappa shape index (κ2) is 9.28. The van der Waals surface area contributed by atoms with Gasteiger partial charge in [-0.1, -0.05) is 30.3 Å². The van der Waals surface area contributed by atoms with Crippen LogP contribution in [0.4, 0.5) is 5.82 Å². The molecule has 0 radical (unpaired) electrons. The minimum atomic E-state index is -0.0984. The Hall–Kier alpha value is -2.93. The predicted octanol–water partition coefficient (Wildman–Crippen LogP) is 2.91. The molecular weight excluding hydrogens is 400 g/mol. The Morgan fingerprint density at radius 2 is 1.81 bits per heavy atom. The van der Waals surface area contributed by atoms with E-state index in [1.807, 2.05) is 19.2 Å². The molecule has 168 valence electrons. The van der Waals surface area contributed by atoms with E-state index >= 15 is 0 Å². The SMILES string of the molecule is Cn1nc(C(=O)NC2CCNCC2)c2ccc(N3CCC(Cc4ccccc4)CC3)nc21. The number of amides is 1. The van der Waals surface area contributed by atoms with E-state index in [2.05, 4.69) is 51.0 Å². The van der Waals surface area contributed by atoms with E-state index < -0.39 is 0 Å². The van der Waals surface area contributed by atoms with Crippen molar-refractivity contribution in [2.45, 2.75) is 38.1 Å². The maximum Gasteiger partial charge on any atom is 0.272 e. The predicted molar refractivity (Wildman–Crippen MR) is 127 cm³/mol. The highest BCUT2D eigenvalue weighted by atomic mass is 16.2. The van der Waals surface area contributed by atoms with Gasteiger partial charge in [0.15, 0.2) is 11.3 Å². The first-order chi connectivity index (χ1) is 15.7. The molecule has 2 aromatic heterocycles. The van der Waals surface area contributed by atoms with Crippen molar-refractivity contribution in [3.8, 4) is 0 Å². The lowest BCUT2D eigenvalue weighted by Gasteiger charge is -2.33. The summed E-state index contributed by atoms with van der Waals surface area (Å²) in [5.41, 5.74) is 2.67. The van der Waals surface area contributed by atoms with Gasteiger partial charge in [0.2, 0.25) is 0 Å². The third-order valence-corrected chi connectivity index (χ3v) is 6.87. The van der Waals surface area contributed by atoms with Crippen LogP contribution >= 0.6 is 0 Å². The number of benzene rings is 1. The van der Waals surface area contributed by atoms with Gasteiger partial charge in [-0.3, -0.25) is 4.79 Å². The van der Waals surface area contributed by atoms with Gasteiger partial charge < -0.3 is 15.5 Å². The van der Waals surface area contributed by atoms with Gasteiger partial charge >= 0.3 is 0 Å². The van der Waals surface area contributed by atoms with Crippen LogP contribution < -0.4 is 15.5 Å². The van der Waals surface area contributed by atoms with Gasteiger partial charge in [-0.2, -0.15) is 5.10 Å². The molecule has 32 heavy (non-hydrogen) atoms. The van der Waals surface area contributed by atoms with Crippen LogP contribution in [0, 0.1) is 5.92 Å². The minimum absolute atomic E-state index is 0.0984. The number of fused-ring (bicyclic) bond motifs is 1. The molecule has 3 aromatic rings. The first-order valence-electron chi connectivity index (χ1n) is 11.8. The van der Waals surface area contributed by atoms with Crippen LogP contribution in [0.2, 0.25) is 0 Å². The molecule has 2 aliphatic heterocycles. The van der Waals surface area contributed by atoms with Crippen molar-refractivity contribution in [3.63, 3.8) is 0 Å². The van der Waals surface area contributed by atoms with Gasteiger partial charge in [-0.05, 0) is 68.8 Å². The van der Waals surface area contributed by atoms with E-state index in [0.29, 0.717) is 5.69 Å². The highest BCUT2D eigenvalue weighted by Crippen LogP contribution is 2.27. The van der Waals surface area contributed by atoms with Crippen molar-refractivity contribution in [3.05, 3.63) is 53.7 Å². The molecule has 5 rings (SSSR count). The van der Waals surface area contributed by atoms with E-state index in [0.717, 1.165) is 68.2 Å². The van der Waals surface area contributed by atoms with Gasteiger partial charge in [0.25, 0.3) is 5.91 Å². The van der Waals surface area contributed by atoms with E-state index in [4.69, 9.17) is 4.98 Å². The Kier molecular flexibility index (Phi) is 6.08. The third-order valence-electron chi connectivity index (χ3n) is 6.87. The lowest BCUT2D eigenvalue weighted by atomic mass is 9.90. The van der Waals surface area contributed by atoms with Gasteiger partial charge in [-0.25, -0.2) is 9.67 Å². The quantitative estimate of drug-likeness (QED) is 0.649. The number of anilines is 1. The Balaban J connectivity index is 1.26. The molecule has 2 fully saturated rings. The topological polar surface area (TPSA) is 75.1 Å². The highest BCUT2D eigenvalue weighted by molar-refractivity contribution is 6.04. The largest absolute Gasteiger partial charge is 0.357 e. The standard InChI is InChI=1S/C25H32N6O/c1-30-24-21(23(29-30)25(32)27-20-9-13-26-14-10-20)7-8-22(28-24)31-15-11-19(12-16-31)17-18-5-3-2-4-6-18/h2-8,19-20,26H,9-17H2,1H3,(H,27,32). The van der Waals surface area contributed by atoms with Crippen LogP contribution in [0.25, 0.3) is 11.0 Å². The van der Waals surface area contributed by atoms with Crippen LogP contribution in [0.3, 0.4) is 0 Å². The summed E-state index contributed by atoms with van der Waals surface area (Å²) in [4.78, 5) is 20.1. The van der Waals surface area contributed by atoms with Crippen LogP contribution in [-0.2, 0) is 13.5 Å². The zero-order chi connectivity index (χ0) is 21.9. The first-order valence-corrected chi connectivity index (χ1v) is 11.8. The monoisotopic (exact) mass is 432 g/mol. The van der Waals surface area contributed by atoms with Crippen molar-refractivity contribution in [2.75, 3.05) is 31.1 Å². The molecule has 1 amide bonds. The summed E-state index contributed by atoms with van der Waals surface area (Å²) in [5, 5.41) is 11.8. The Labute approximate surface area is 189 Å². The number of nitrogens with one attached hydrogen (secondary N) is 2. The van der Waals surface area contributed by atoms with E-state index in [1.54, 1.807) is 4.68 Å². The van der Waals surface area contributed by atoms with Crippen molar-refractivity contribution in [1.82, 2.24) is 25.4 Å². The van der Waals surface area contributed by atoms with Crippen LogP contribution in [0.1, 0.15) is 41.7 Å². The molecule has 0 atom stereocenters. The number of carbonyl (C=O) groups excluding carboxylic acids is 1. The Morgan fingerprint density at radius 1 is 1.06 bits per heavy atom. The first kappa shape index (κ1) is 20.9. The van der Waals surface area contributed by atoms with Gasteiger partial charge in [0.05, 0.1) is 5.39 Å². The second-order valence-electron chi connectivity index (χ2n) is 9.13. The Morgan fingerprint density at radius 3 is 2.56 bits per heavy atom. The molecule has 4 heterocycles. The van der Waals surface area contributed by atoms with Crippen LogP contribution in [0.15, 0.2) is 42.5 Å². The molecule has 2 N–H and O–H groups in total. The van der Waals surface area contributed by atoms with Crippen molar-refractivity contribution >= 4 is 22.8 Å². The number of aryl methyl sites for hydroxylation is 1. The molecule has 2 saturated heterocycles. The summed E-state index contributed by atoms with van der Waals surface area (Å²) in [6, 6.07) is 15.0. The lowest BCUT2D eigenvalue weighted by molar-refractivity contribution is 0.0925. The Bertz CT molecular complexity index is 1060. The zero-order valence-electron chi connectivity index (χ0n) is 18.8. The molecule has 0 saturated carbocycles. The van der Waals surface area contributed by atoms with Gasteiger partial charge in [-0.15, -0.1) is 0 Å². The number of rotatable bonds is 5. The summed E-state index contributed by atoms with van der Waals surface area (Å²) < 4.78 is 1.73. The number of aromatic nitrogens is 3. The number of nitrogens with zero attached hydrogens (tertiary/aromatic N) is 4. The average molecular weight is 433 g/mol. The van der Waals surface area contributed by atoms with Crippen LogP contribution in [-0.4, -0.2) is 52.9 Å². The molecule has 0 aliphatic carbocycles. The summed E-state index contributed by atoms with van der Waals surface area (Å²) in [6.45, 7) is 3.91. The van der Waals surface area contributed by atoms with Gasteiger partial charge in [0, 0.05) is 26.2 Å². The number of pyridine rings is 1. The van der Waals surface area contributed by atoms with E-state index in [1.165, 1.54) is 18.4 Å². The lowest BCUT2D eigenvalue weighted by Crippen LogP contribution is -2.42. The normalized spacial score (nSPS) is 18.2. The summed E-state index contributed by atoms with van der Waals surface area (Å²) in [5.74, 6) is 1.60. The fourth-order valence-corrected chi connectivity index (χ4v) is 5.00. The summed E-state index contributed by atoms with van der Waals surface area (Å²) in [7, 11) is 1.87. The fourth-order valence-electron chi connectivity index (χ4n) is 5.00. The molecule has 7 heteroatoms. The van der Waals surface area contributed by atoms with E-state index in [-0.39, 0.29) is 11.9 Å². The molecular formula is C25H32N6O. The number of piperidine rings is 2.